The number of methoxy groups -OCH3 is 1. The fraction of sp³-hybridized carbons (Fsp3) is 0.500. The second-order valence-corrected chi connectivity index (χ2v) is 6.57. The van der Waals surface area contributed by atoms with Crippen molar-refractivity contribution in [2.75, 3.05) is 26.8 Å². The number of benzene rings is 1. The summed E-state index contributed by atoms with van der Waals surface area (Å²) in [6, 6.07) is 8.14. The van der Waals surface area contributed by atoms with Crippen LogP contribution in [0.5, 0.6) is 0 Å². The lowest BCUT2D eigenvalue weighted by Crippen LogP contribution is -2.34. The SMILES string of the molecule is COCCc1noc([C@H]2CCCN(Cc3nc4ccccc4[nH]3)C2)n1. The minimum atomic E-state index is 0.293. The highest BCUT2D eigenvalue weighted by Crippen LogP contribution is 2.26. The van der Waals surface area contributed by atoms with E-state index in [0.29, 0.717) is 18.9 Å². The van der Waals surface area contributed by atoms with Crippen molar-refractivity contribution in [1.82, 2.24) is 25.0 Å². The first-order valence-corrected chi connectivity index (χ1v) is 8.79. The van der Waals surface area contributed by atoms with Gasteiger partial charge in [0.1, 0.15) is 5.82 Å². The average Bonchev–Trinajstić information content (AvgIpc) is 3.26. The van der Waals surface area contributed by atoms with Crippen LogP contribution < -0.4 is 0 Å². The molecule has 0 bridgehead atoms. The van der Waals surface area contributed by atoms with Crippen LogP contribution in [0.25, 0.3) is 11.0 Å². The highest BCUT2D eigenvalue weighted by molar-refractivity contribution is 5.74. The number of imidazole rings is 1. The van der Waals surface area contributed by atoms with Gasteiger partial charge in [-0.3, -0.25) is 4.90 Å². The van der Waals surface area contributed by atoms with Gasteiger partial charge in [-0.15, -0.1) is 0 Å². The molecule has 0 saturated carbocycles. The summed E-state index contributed by atoms with van der Waals surface area (Å²) in [5.74, 6) is 2.78. The number of hydrogen-bond acceptors (Lipinski definition) is 6. The molecular weight excluding hydrogens is 318 g/mol. The molecule has 1 atom stereocenters. The molecule has 0 amide bonds. The molecule has 1 fully saturated rings. The molecule has 2 aromatic heterocycles. The Hall–Kier alpha value is -2.25. The molecule has 7 heteroatoms. The van der Waals surface area contributed by atoms with Crippen molar-refractivity contribution in [3.8, 4) is 0 Å². The predicted molar refractivity (Wildman–Crippen MR) is 93.2 cm³/mol. The van der Waals surface area contributed by atoms with Crippen molar-refractivity contribution in [3.63, 3.8) is 0 Å². The Kier molecular flexibility index (Phi) is 4.76. The highest BCUT2D eigenvalue weighted by Gasteiger charge is 2.26. The number of hydrogen-bond donors (Lipinski definition) is 1. The summed E-state index contributed by atoms with van der Waals surface area (Å²) in [5.41, 5.74) is 2.11. The van der Waals surface area contributed by atoms with Crippen molar-refractivity contribution >= 4 is 11.0 Å². The van der Waals surface area contributed by atoms with Crippen molar-refractivity contribution in [1.29, 1.82) is 0 Å². The lowest BCUT2D eigenvalue weighted by molar-refractivity contribution is 0.177. The molecule has 7 nitrogen and oxygen atoms in total. The molecule has 1 aromatic carbocycles. The number of rotatable bonds is 6. The topological polar surface area (TPSA) is 80.1 Å². The summed E-state index contributed by atoms with van der Waals surface area (Å²) >= 11 is 0. The van der Waals surface area contributed by atoms with E-state index in [4.69, 9.17) is 9.26 Å². The van der Waals surface area contributed by atoms with Gasteiger partial charge in [-0.05, 0) is 31.5 Å². The molecule has 3 heterocycles. The molecule has 0 radical (unpaired) electrons. The number of likely N-dealkylation sites (tertiary alicyclic amines) is 1. The minimum absolute atomic E-state index is 0.293. The summed E-state index contributed by atoms with van der Waals surface area (Å²) in [5, 5.41) is 4.06. The maximum absolute atomic E-state index is 5.48. The van der Waals surface area contributed by atoms with Crippen molar-refractivity contribution in [2.45, 2.75) is 31.7 Å². The van der Waals surface area contributed by atoms with E-state index in [1.165, 1.54) is 0 Å². The van der Waals surface area contributed by atoms with Crippen LogP contribution in [0.1, 0.15) is 36.3 Å². The number of nitrogens with zero attached hydrogens (tertiary/aromatic N) is 4. The summed E-state index contributed by atoms with van der Waals surface area (Å²) in [7, 11) is 1.68. The molecule has 1 saturated heterocycles. The zero-order chi connectivity index (χ0) is 17.1. The van der Waals surface area contributed by atoms with E-state index in [1.807, 2.05) is 18.2 Å². The molecule has 1 N–H and O–H groups in total. The maximum Gasteiger partial charge on any atom is 0.231 e. The zero-order valence-corrected chi connectivity index (χ0v) is 14.4. The van der Waals surface area contributed by atoms with Crippen LogP contribution in [-0.4, -0.2) is 51.8 Å². The Bertz CT molecular complexity index is 795. The van der Waals surface area contributed by atoms with Gasteiger partial charge in [-0.1, -0.05) is 17.3 Å². The molecule has 1 aliphatic rings. The summed E-state index contributed by atoms with van der Waals surface area (Å²) in [6.45, 7) is 3.42. The molecule has 1 aliphatic heterocycles. The third kappa shape index (κ3) is 3.72. The van der Waals surface area contributed by atoms with Crippen molar-refractivity contribution < 1.29 is 9.26 Å². The average molecular weight is 341 g/mol. The number of aromatic nitrogens is 4. The molecule has 132 valence electrons. The zero-order valence-electron chi connectivity index (χ0n) is 14.4. The number of nitrogens with one attached hydrogen (secondary N) is 1. The van der Waals surface area contributed by atoms with Gasteiger partial charge in [0.05, 0.1) is 30.1 Å². The van der Waals surface area contributed by atoms with Gasteiger partial charge in [0.25, 0.3) is 0 Å². The highest BCUT2D eigenvalue weighted by atomic mass is 16.5. The van der Waals surface area contributed by atoms with Crippen molar-refractivity contribution in [2.24, 2.45) is 0 Å². The van der Waals surface area contributed by atoms with E-state index in [1.54, 1.807) is 7.11 Å². The van der Waals surface area contributed by atoms with Gasteiger partial charge in [0.2, 0.25) is 5.89 Å². The van der Waals surface area contributed by atoms with Crippen LogP contribution in [0.2, 0.25) is 0 Å². The second-order valence-electron chi connectivity index (χ2n) is 6.57. The third-order valence-electron chi connectivity index (χ3n) is 4.68. The lowest BCUT2D eigenvalue weighted by atomic mass is 9.98. The van der Waals surface area contributed by atoms with E-state index >= 15 is 0 Å². The fourth-order valence-electron chi connectivity index (χ4n) is 3.42. The normalized spacial score (nSPS) is 18.8. The van der Waals surface area contributed by atoms with E-state index in [9.17, 15) is 0 Å². The Labute approximate surface area is 146 Å². The van der Waals surface area contributed by atoms with Gasteiger partial charge >= 0.3 is 0 Å². The first-order valence-electron chi connectivity index (χ1n) is 8.79. The minimum Gasteiger partial charge on any atom is -0.384 e. The van der Waals surface area contributed by atoms with Crippen LogP contribution in [0.4, 0.5) is 0 Å². The molecule has 0 unspecified atom stereocenters. The Balaban J connectivity index is 1.41. The maximum atomic E-state index is 5.48. The Morgan fingerprint density at radius 2 is 2.24 bits per heavy atom. The Morgan fingerprint density at radius 1 is 1.32 bits per heavy atom. The molecular formula is C18H23N5O2. The van der Waals surface area contributed by atoms with Gasteiger partial charge in [-0.25, -0.2) is 4.98 Å². The van der Waals surface area contributed by atoms with E-state index in [2.05, 4.69) is 31.1 Å². The summed E-state index contributed by atoms with van der Waals surface area (Å²) < 4.78 is 10.5. The fourth-order valence-corrected chi connectivity index (χ4v) is 3.42. The monoisotopic (exact) mass is 341 g/mol. The number of ether oxygens (including phenoxy) is 1. The van der Waals surface area contributed by atoms with Crippen LogP contribution in [0, 0.1) is 0 Å². The smallest absolute Gasteiger partial charge is 0.231 e. The second kappa shape index (κ2) is 7.33. The number of para-hydroxylation sites is 2. The van der Waals surface area contributed by atoms with Gasteiger partial charge in [-0.2, -0.15) is 4.98 Å². The lowest BCUT2D eigenvalue weighted by Gasteiger charge is -2.30. The summed E-state index contributed by atoms with van der Waals surface area (Å²) in [4.78, 5) is 15.0. The molecule has 25 heavy (non-hydrogen) atoms. The number of fused-ring (bicyclic) bond motifs is 1. The quantitative estimate of drug-likeness (QED) is 0.742. The van der Waals surface area contributed by atoms with E-state index in [0.717, 1.165) is 61.0 Å². The van der Waals surface area contributed by atoms with Gasteiger partial charge in [0.15, 0.2) is 5.82 Å². The number of aromatic amines is 1. The van der Waals surface area contributed by atoms with Crippen molar-refractivity contribution in [3.05, 3.63) is 41.8 Å². The largest absolute Gasteiger partial charge is 0.384 e. The predicted octanol–water partition coefficient (Wildman–Crippen LogP) is 2.51. The third-order valence-corrected chi connectivity index (χ3v) is 4.68. The molecule has 4 rings (SSSR count). The van der Waals surface area contributed by atoms with Crippen LogP contribution in [-0.2, 0) is 17.7 Å². The van der Waals surface area contributed by atoms with Crippen LogP contribution in [0.3, 0.4) is 0 Å². The van der Waals surface area contributed by atoms with Gasteiger partial charge < -0.3 is 14.2 Å². The van der Waals surface area contributed by atoms with Crippen LogP contribution in [0.15, 0.2) is 28.8 Å². The number of piperidine rings is 1. The molecule has 0 aliphatic carbocycles. The Morgan fingerprint density at radius 3 is 3.12 bits per heavy atom. The standard InChI is InChI=1S/C18H23N5O2/c1-24-10-8-16-21-18(25-22-16)13-5-4-9-23(11-13)12-17-19-14-6-2-3-7-15(14)20-17/h2-3,6-7,13H,4-5,8-12H2,1H3,(H,19,20)/t13-/m0/s1. The molecule has 3 aromatic rings. The first-order chi connectivity index (χ1) is 12.3. The van der Waals surface area contributed by atoms with E-state index < -0.39 is 0 Å². The molecule has 0 spiro atoms. The number of H-pyrrole nitrogens is 1. The first kappa shape index (κ1) is 16.2. The van der Waals surface area contributed by atoms with Gasteiger partial charge in [0, 0.05) is 20.1 Å². The van der Waals surface area contributed by atoms with Crippen LogP contribution >= 0.6 is 0 Å². The summed E-state index contributed by atoms with van der Waals surface area (Å²) in [6.07, 6.45) is 2.90. The van der Waals surface area contributed by atoms with E-state index in [-0.39, 0.29) is 0 Å².